The topological polar surface area (TPSA) is 37.8 Å². The van der Waals surface area contributed by atoms with E-state index in [0.717, 1.165) is 22.9 Å². The van der Waals surface area contributed by atoms with Gasteiger partial charge in [0.05, 0.1) is 5.39 Å². The molecule has 3 aromatic rings. The van der Waals surface area contributed by atoms with Gasteiger partial charge in [-0.15, -0.1) is 11.3 Å². The summed E-state index contributed by atoms with van der Waals surface area (Å²) in [4.78, 5) is 12.3. The quantitative estimate of drug-likeness (QED) is 0.573. The van der Waals surface area contributed by atoms with Crippen molar-refractivity contribution in [2.24, 2.45) is 0 Å². The molecule has 3 nitrogen and oxygen atoms in total. The predicted octanol–water partition coefficient (Wildman–Crippen LogP) is 6.03. The smallest absolute Gasteiger partial charge is 0.139 e. The molecule has 4 heteroatoms. The molecule has 26 heavy (non-hydrogen) atoms. The van der Waals surface area contributed by atoms with E-state index >= 15 is 0 Å². The summed E-state index contributed by atoms with van der Waals surface area (Å²) in [6.07, 6.45) is 8.67. The summed E-state index contributed by atoms with van der Waals surface area (Å²) in [6.45, 7) is 4.39. The van der Waals surface area contributed by atoms with Crippen LogP contribution in [0, 0.1) is 13.8 Å². The maximum atomic E-state index is 4.98. The van der Waals surface area contributed by atoms with Crippen LogP contribution in [0.4, 0.5) is 5.82 Å². The second kappa shape index (κ2) is 7.75. The van der Waals surface area contributed by atoms with Crippen LogP contribution < -0.4 is 5.32 Å². The van der Waals surface area contributed by atoms with Crippen LogP contribution in [0.1, 0.15) is 60.4 Å². The molecule has 1 fully saturated rings. The Morgan fingerprint density at radius 2 is 1.73 bits per heavy atom. The second-order valence-corrected chi connectivity index (χ2v) is 8.65. The lowest BCUT2D eigenvalue weighted by Crippen LogP contribution is -2.20. The minimum Gasteiger partial charge on any atom is -0.367 e. The lowest BCUT2D eigenvalue weighted by molar-refractivity contribution is 0.618. The number of rotatable bonds is 4. The van der Waals surface area contributed by atoms with Crippen molar-refractivity contribution in [3.63, 3.8) is 0 Å². The van der Waals surface area contributed by atoms with Crippen LogP contribution in [0.2, 0.25) is 0 Å². The van der Waals surface area contributed by atoms with Crippen molar-refractivity contribution < 1.29 is 0 Å². The van der Waals surface area contributed by atoms with Crippen molar-refractivity contribution >= 4 is 27.4 Å². The first-order chi connectivity index (χ1) is 12.7. The third-order valence-electron chi connectivity index (χ3n) is 5.48. The summed E-state index contributed by atoms with van der Waals surface area (Å²) in [7, 11) is 0. The molecule has 0 spiro atoms. The standard InChI is InChI=1S/C22H27N3S/c1-15-16(2)26-22-20(15)21(23-18-12-8-3-4-9-13-18)24-19(25-22)14-17-10-6-5-7-11-17/h5-7,10-11,18H,3-4,8-9,12-14H2,1-2H3,(H,23,24,25). The molecule has 1 aliphatic rings. The Kier molecular flexibility index (Phi) is 5.21. The van der Waals surface area contributed by atoms with Crippen LogP contribution in [0.3, 0.4) is 0 Å². The van der Waals surface area contributed by atoms with E-state index in [2.05, 4.69) is 49.5 Å². The lowest BCUT2D eigenvalue weighted by Gasteiger charge is -2.18. The minimum absolute atomic E-state index is 0.541. The lowest BCUT2D eigenvalue weighted by atomic mass is 10.1. The van der Waals surface area contributed by atoms with E-state index in [1.165, 1.54) is 59.9 Å². The number of fused-ring (bicyclic) bond motifs is 1. The van der Waals surface area contributed by atoms with Gasteiger partial charge >= 0.3 is 0 Å². The van der Waals surface area contributed by atoms with Crippen LogP contribution in [-0.4, -0.2) is 16.0 Å². The molecule has 1 aromatic carbocycles. The van der Waals surface area contributed by atoms with Gasteiger partial charge in [-0.05, 0) is 37.8 Å². The van der Waals surface area contributed by atoms with Crippen molar-refractivity contribution in [1.29, 1.82) is 0 Å². The molecule has 1 saturated carbocycles. The van der Waals surface area contributed by atoms with Crippen LogP contribution in [-0.2, 0) is 6.42 Å². The molecule has 0 unspecified atom stereocenters. The Labute approximate surface area is 159 Å². The third-order valence-corrected chi connectivity index (χ3v) is 6.58. The second-order valence-electron chi connectivity index (χ2n) is 7.45. The highest BCUT2D eigenvalue weighted by Gasteiger charge is 2.18. The van der Waals surface area contributed by atoms with Gasteiger partial charge in [0.15, 0.2) is 0 Å². The predicted molar refractivity (Wildman–Crippen MR) is 111 cm³/mol. The van der Waals surface area contributed by atoms with Gasteiger partial charge < -0.3 is 5.32 Å². The summed E-state index contributed by atoms with van der Waals surface area (Å²) in [5, 5.41) is 5.03. The fourth-order valence-electron chi connectivity index (χ4n) is 3.87. The molecule has 4 rings (SSSR count). The molecule has 1 N–H and O–H groups in total. The highest BCUT2D eigenvalue weighted by atomic mass is 32.1. The molecule has 0 amide bonds. The fourth-order valence-corrected chi connectivity index (χ4v) is 4.92. The normalized spacial score (nSPS) is 15.9. The summed E-state index contributed by atoms with van der Waals surface area (Å²) < 4.78 is 0. The van der Waals surface area contributed by atoms with Crippen molar-refractivity contribution in [1.82, 2.24) is 9.97 Å². The van der Waals surface area contributed by atoms with Crippen molar-refractivity contribution in [3.8, 4) is 0 Å². The van der Waals surface area contributed by atoms with Crippen molar-refractivity contribution in [2.45, 2.75) is 64.8 Å². The van der Waals surface area contributed by atoms with E-state index in [-0.39, 0.29) is 0 Å². The molecular weight excluding hydrogens is 338 g/mol. The van der Waals surface area contributed by atoms with Gasteiger partial charge in [0, 0.05) is 17.3 Å². The zero-order chi connectivity index (χ0) is 17.9. The molecule has 2 aromatic heterocycles. The highest BCUT2D eigenvalue weighted by Crippen LogP contribution is 2.34. The van der Waals surface area contributed by atoms with Crippen molar-refractivity contribution in [2.75, 3.05) is 5.32 Å². The van der Waals surface area contributed by atoms with E-state index in [1.54, 1.807) is 11.3 Å². The average Bonchev–Trinajstić information content (AvgIpc) is 2.80. The van der Waals surface area contributed by atoms with Crippen LogP contribution >= 0.6 is 11.3 Å². The largest absolute Gasteiger partial charge is 0.367 e. The number of hydrogen-bond acceptors (Lipinski definition) is 4. The monoisotopic (exact) mass is 365 g/mol. The van der Waals surface area contributed by atoms with Crippen molar-refractivity contribution in [3.05, 3.63) is 52.2 Å². The maximum Gasteiger partial charge on any atom is 0.139 e. The maximum absolute atomic E-state index is 4.98. The minimum atomic E-state index is 0.541. The van der Waals surface area contributed by atoms with Gasteiger partial charge in [0.25, 0.3) is 0 Å². The van der Waals surface area contributed by atoms with E-state index in [1.807, 2.05) is 0 Å². The summed E-state index contributed by atoms with van der Waals surface area (Å²) in [6, 6.07) is 11.1. The summed E-state index contributed by atoms with van der Waals surface area (Å²) in [5.41, 5.74) is 2.59. The van der Waals surface area contributed by atoms with Gasteiger partial charge in [-0.2, -0.15) is 0 Å². The van der Waals surface area contributed by atoms with Gasteiger partial charge in [0.1, 0.15) is 16.5 Å². The molecule has 0 bridgehead atoms. The SMILES string of the molecule is Cc1sc2nc(Cc3ccccc3)nc(NC3CCCCCC3)c2c1C. The molecule has 1 aliphatic carbocycles. The van der Waals surface area contributed by atoms with E-state index in [0.29, 0.717) is 6.04 Å². The Balaban J connectivity index is 1.70. The van der Waals surface area contributed by atoms with Gasteiger partial charge in [-0.25, -0.2) is 9.97 Å². The summed E-state index contributed by atoms with van der Waals surface area (Å²) in [5.74, 6) is 1.97. The molecule has 0 aliphatic heterocycles. The average molecular weight is 366 g/mol. The van der Waals surface area contributed by atoms with Crippen LogP contribution in [0.25, 0.3) is 10.2 Å². The Bertz CT molecular complexity index is 877. The van der Waals surface area contributed by atoms with Gasteiger partial charge in [0.2, 0.25) is 0 Å². The van der Waals surface area contributed by atoms with Gasteiger partial charge in [-0.3, -0.25) is 0 Å². The Morgan fingerprint density at radius 1 is 1.00 bits per heavy atom. The molecule has 0 saturated heterocycles. The number of nitrogens with one attached hydrogen (secondary N) is 1. The Hall–Kier alpha value is -1.94. The number of nitrogens with zero attached hydrogens (tertiary/aromatic N) is 2. The number of benzene rings is 1. The first kappa shape index (κ1) is 17.5. The molecular formula is C22H27N3S. The molecule has 136 valence electrons. The molecule has 0 atom stereocenters. The fraction of sp³-hybridized carbons (Fsp3) is 0.455. The van der Waals surface area contributed by atoms with Crippen LogP contribution in [0.5, 0.6) is 0 Å². The highest BCUT2D eigenvalue weighted by molar-refractivity contribution is 7.18. The number of anilines is 1. The van der Waals surface area contributed by atoms with E-state index < -0.39 is 0 Å². The van der Waals surface area contributed by atoms with E-state index in [4.69, 9.17) is 9.97 Å². The zero-order valence-electron chi connectivity index (χ0n) is 15.7. The molecule has 2 heterocycles. The number of thiophene rings is 1. The van der Waals surface area contributed by atoms with Crippen LogP contribution in [0.15, 0.2) is 30.3 Å². The Morgan fingerprint density at radius 3 is 2.46 bits per heavy atom. The summed E-state index contributed by atoms with van der Waals surface area (Å²) >= 11 is 1.79. The zero-order valence-corrected chi connectivity index (χ0v) is 16.5. The third kappa shape index (κ3) is 3.75. The number of aromatic nitrogens is 2. The van der Waals surface area contributed by atoms with Gasteiger partial charge in [-0.1, -0.05) is 56.0 Å². The number of hydrogen-bond donors (Lipinski definition) is 1. The first-order valence-electron chi connectivity index (χ1n) is 9.78. The number of aryl methyl sites for hydroxylation is 2. The first-order valence-corrected chi connectivity index (χ1v) is 10.6. The van der Waals surface area contributed by atoms with E-state index in [9.17, 15) is 0 Å². The molecule has 0 radical (unpaired) electrons.